The van der Waals surface area contributed by atoms with Gasteiger partial charge in [0, 0.05) is 12.3 Å². The highest BCUT2D eigenvalue weighted by atomic mass is 16.5. The van der Waals surface area contributed by atoms with Gasteiger partial charge in [-0.2, -0.15) is 0 Å². The van der Waals surface area contributed by atoms with Gasteiger partial charge in [-0.05, 0) is 36.6 Å². The zero-order valence-corrected chi connectivity index (χ0v) is 10.8. The standard InChI is InChI=1S/C14H23NO2/c1-3-4-12(2)11-16-9-10-17-14-7-5-13(15)6-8-14/h5-8,12H,3-4,9-11,15H2,1-2H3. The Balaban J connectivity index is 2.06. The second-order valence-electron chi connectivity index (χ2n) is 4.39. The van der Waals surface area contributed by atoms with Crippen molar-refractivity contribution in [2.45, 2.75) is 26.7 Å². The molecule has 1 unspecified atom stereocenters. The van der Waals surface area contributed by atoms with E-state index >= 15 is 0 Å². The first-order chi connectivity index (χ1) is 8.22. The Hall–Kier alpha value is -1.22. The molecular formula is C14H23NO2. The van der Waals surface area contributed by atoms with Crippen LogP contribution in [0.5, 0.6) is 5.75 Å². The molecule has 0 spiro atoms. The zero-order chi connectivity index (χ0) is 12.5. The first-order valence-corrected chi connectivity index (χ1v) is 6.28. The van der Waals surface area contributed by atoms with Crippen LogP contribution < -0.4 is 10.5 Å². The quantitative estimate of drug-likeness (QED) is 0.558. The summed E-state index contributed by atoms with van der Waals surface area (Å²) in [5.41, 5.74) is 6.34. The van der Waals surface area contributed by atoms with Crippen LogP contribution in [0.3, 0.4) is 0 Å². The molecule has 0 radical (unpaired) electrons. The monoisotopic (exact) mass is 237 g/mol. The number of nitrogen functional groups attached to an aromatic ring is 1. The fourth-order valence-electron chi connectivity index (χ4n) is 1.64. The smallest absolute Gasteiger partial charge is 0.119 e. The Kier molecular flexibility index (Phi) is 6.48. The fourth-order valence-corrected chi connectivity index (χ4v) is 1.64. The van der Waals surface area contributed by atoms with Crippen molar-refractivity contribution in [3.05, 3.63) is 24.3 Å². The predicted molar refractivity (Wildman–Crippen MR) is 71.2 cm³/mol. The van der Waals surface area contributed by atoms with Crippen molar-refractivity contribution in [3.8, 4) is 5.75 Å². The molecule has 1 atom stereocenters. The summed E-state index contributed by atoms with van der Waals surface area (Å²) in [5, 5.41) is 0. The molecule has 96 valence electrons. The highest BCUT2D eigenvalue weighted by Gasteiger charge is 2.00. The molecule has 1 aromatic carbocycles. The molecule has 0 saturated heterocycles. The lowest BCUT2D eigenvalue weighted by Gasteiger charge is -2.11. The summed E-state index contributed by atoms with van der Waals surface area (Å²) in [6.07, 6.45) is 2.44. The number of hydrogen-bond acceptors (Lipinski definition) is 3. The van der Waals surface area contributed by atoms with E-state index in [1.54, 1.807) is 0 Å². The van der Waals surface area contributed by atoms with Gasteiger partial charge in [-0.15, -0.1) is 0 Å². The van der Waals surface area contributed by atoms with E-state index in [0.29, 0.717) is 19.1 Å². The minimum Gasteiger partial charge on any atom is -0.491 e. The normalized spacial score (nSPS) is 12.4. The molecular weight excluding hydrogens is 214 g/mol. The van der Waals surface area contributed by atoms with Crippen molar-refractivity contribution in [1.29, 1.82) is 0 Å². The third kappa shape index (κ3) is 6.17. The number of nitrogens with two attached hydrogens (primary N) is 1. The van der Waals surface area contributed by atoms with Gasteiger partial charge in [-0.1, -0.05) is 20.3 Å². The molecule has 0 fully saturated rings. The van der Waals surface area contributed by atoms with E-state index in [9.17, 15) is 0 Å². The van der Waals surface area contributed by atoms with Crippen LogP contribution in [-0.4, -0.2) is 19.8 Å². The number of hydrogen-bond donors (Lipinski definition) is 1. The van der Waals surface area contributed by atoms with Crippen molar-refractivity contribution < 1.29 is 9.47 Å². The summed E-state index contributed by atoms with van der Waals surface area (Å²) in [7, 11) is 0. The summed E-state index contributed by atoms with van der Waals surface area (Å²) >= 11 is 0. The lowest BCUT2D eigenvalue weighted by Crippen LogP contribution is -2.11. The molecule has 0 bridgehead atoms. The minimum absolute atomic E-state index is 0.586. The molecule has 0 saturated carbocycles. The van der Waals surface area contributed by atoms with Crippen LogP contribution in [0.15, 0.2) is 24.3 Å². The molecule has 17 heavy (non-hydrogen) atoms. The molecule has 0 aliphatic carbocycles. The third-order valence-electron chi connectivity index (χ3n) is 2.56. The Morgan fingerprint density at radius 3 is 2.53 bits per heavy atom. The van der Waals surface area contributed by atoms with Crippen molar-refractivity contribution in [2.24, 2.45) is 5.92 Å². The molecule has 1 rings (SSSR count). The minimum atomic E-state index is 0.586. The molecule has 0 amide bonds. The van der Waals surface area contributed by atoms with E-state index in [0.717, 1.165) is 18.0 Å². The van der Waals surface area contributed by atoms with Crippen molar-refractivity contribution >= 4 is 5.69 Å². The average Bonchev–Trinajstić information content (AvgIpc) is 2.31. The van der Waals surface area contributed by atoms with Crippen LogP contribution in [0.25, 0.3) is 0 Å². The van der Waals surface area contributed by atoms with E-state index in [-0.39, 0.29) is 0 Å². The van der Waals surface area contributed by atoms with Gasteiger partial charge in [-0.3, -0.25) is 0 Å². The summed E-state index contributed by atoms with van der Waals surface area (Å²) in [6.45, 7) is 6.45. The first kappa shape index (κ1) is 13.8. The SMILES string of the molecule is CCCC(C)COCCOc1ccc(N)cc1. The van der Waals surface area contributed by atoms with E-state index in [4.69, 9.17) is 15.2 Å². The van der Waals surface area contributed by atoms with E-state index < -0.39 is 0 Å². The lowest BCUT2D eigenvalue weighted by atomic mass is 10.1. The van der Waals surface area contributed by atoms with E-state index in [1.807, 2.05) is 24.3 Å². The number of anilines is 1. The van der Waals surface area contributed by atoms with Gasteiger partial charge < -0.3 is 15.2 Å². The number of ether oxygens (including phenoxy) is 2. The first-order valence-electron chi connectivity index (χ1n) is 6.28. The van der Waals surface area contributed by atoms with Gasteiger partial charge in [0.15, 0.2) is 0 Å². The molecule has 3 heteroatoms. The maximum atomic E-state index is 5.58. The van der Waals surface area contributed by atoms with Crippen molar-refractivity contribution in [2.75, 3.05) is 25.6 Å². The van der Waals surface area contributed by atoms with Crippen LogP contribution in [0.2, 0.25) is 0 Å². The maximum Gasteiger partial charge on any atom is 0.119 e. The van der Waals surface area contributed by atoms with Gasteiger partial charge in [0.1, 0.15) is 12.4 Å². The summed E-state index contributed by atoms with van der Waals surface area (Å²) in [6, 6.07) is 7.41. The highest BCUT2D eigenvalue weighted by molar-refractivity contribution is 5.41. The lowest BCUT2D eigenvalue weighted by molar-refractivity contribution is 0.0758. The Bertz CT molecular complexity index is 298. The molecule has 1 aromatic rings. The largest absolute Gasteiger partial charge is 0.491 e. The molecule has 3 nitrogen and oxygen atoms in total. The Morgan fingerprint density at radius 1 is 1.18 bits per heavy atom. The van der Waals surface area contributed by atoms with Gasteiger partial charge in [-0.25, -0.2) is 0 Å². The van der Waals surface area contributed by atoms with Gasteiger partial charge in [0.2, 0.25) is 0 Å². The Morgan fingerprint density at radius 2 is 1.88 bits per heavy atom. The molecule has 0 aliphatic rings. The van der Waals surface area contributed by atoms with E-state index in [1.165, 1.54) is 12.8 Å². The molecule has 2 N–H and O–H groups in total. The summed E-state index contributed by atoms with van der Waals surface area (Å²) < 4.78 is 11.1. The molecule has 0 aromatic heterocycles. The van der Waals surface area contributed by atoms with Gasteiger partial charge in [0.05, 0.1) is 6.61 Å². The van der Waals surface area contributed by atoms with Crippen LogP contribution in [0, 0.1) is 5.92 Å². The van der Waals surface area contributed by atoms with Crippen LogP contribution >= 0.6 is 0 Å². The number of rotatable bonds is 8. The highest BCUT2D eigenvalue weighted by Crippen LogP contribution is 2.12. The second-order valence-corrected chi connectivity index (χ2v) is 4.39. The average molecular weight is 237 g/mol. The topological polar surface area (TPSA) is 44.5 Å². The zero-order valence-electron chi connectivity index (χ0n) is 10.8. The number of benzene rings is 1. The van der Waals surface area contributed by atoms with Crippen LogP contribution in [0.1, 0.15) is 26.7 Å². The van der Waals surface area contributed by atoms with Crippen molar-refractivity contribution in [3.63, 3.8) is 0 Å². The van der Waals surface area contributed by atoms with Gasteiger partial charge >= 0.3 is 0 Å². The van der Waals surface area contributed by atoms with Crippen LogP contribution in [-0.2, 0) is 4.74 Å². The third-order valence-corrected chi connectivity index (χ3v) is 2.56. The predicted octanol–water partition coefficient (Wildman–Crippen LogP) is 3.10. The second kappa shape index (κ2) is 7.96. The molecule has 0 aliphatic heterocycles. The summed E-state index contributed by atoms with van der Waals surface area (Å²) in [5.74, 6) is 1.47. The Labute approximate surface area is 104 Å². The summed E-state index contributed by atoms with van der Waals surface area (Å²) in [4.78, 5) is 0. The van der Waals surface area contributed by atoms with Crippen LogP contribution in [0.4, 0.5) is 5.69 Å². The van der Waals surface area contributed by atoms with Crippen molar-refractivity contribution in [1.82, 2.24) is 0 Å². The fraction of sp³-hybridized carbons (Fsp3) is 0.571. The van der Waals surface area contributed by atoms with Gasteiger partial charge in [0.25, 0.3) is 0 Å². The van der Waals surface area contributed by atoms with E-state index in [2.05, 4.69) is 13.8 Å². The maximum absolute atomic E-state index is 5.58. The molecule has 0 heterocycles.